The van der Waals surface area contributed by atoms with Gasteiger partial charge in [-0.1, -0.05) is 47.7 Å². The molecule has 3 rings (SSSR count). The third-order valence-electron chi connectivity index (χ3n) is 4.27. The largest absolute Gasteiger partial charge is 0.482 e. The van der Waals surface area contributed by atoms with Crippen LogP contribution < -0.4 is 10.1 Å². The second-order valence-electron chi connectivity index (χ2n) is 5.75. The van der Waals surface area contributed by atoms with Crippen LogP contribution in [-0.4, -0.2) is 12.5 Å². The Labute approximate surface area is 128 Å². The summed E-state index contributed by atoms with van der Waals surface area (Å²) in [7, 11) is 0. The predicted octanol–water partition coefficient (Wildman–Crippen LogP) is 4.42. The van der Waals surface area contributed by atoms with Crippen molar-refractivity contribution in [3.63, 3.8) is 0 Å². The molecule has 0 spiro atoms. The summed E-state index contributed by atoms with van der Waals surface area (Å²) in [6.45, 7) is 0.118. The Balaban J connectivity index is 1.79. The van der Waals surface area contributed by atoms with E-state index in [9.17, 15) is 4.79 Å². The van der Waals surface area contributed by atoms with Gasteiger partial charge in [0.2, 0.25) is 0 Å². The second-order valence-corrected chi connectivity index (χ2v) is 6.73. The molecule has 108 valence electrons. The van der Waals surface area contributed by atoms with E-state index in [1.165, 1.54) is 44.1 Å². The molecule has 1 aromatic rings. The van der Waals surface area contributed by atoms with Crippen LogP contribution >= 0.6 is 15.9 Å². The highest BCUT2D eigenvalue weighted by Crippen LogP contribution is 2.41. The van der Waals surface area contributed by atoms with Gasteiger partial charge < -0.3 is 10.1 Å². The number of carbonyl (C=O) groups is 1. The lowest BCUT2D eigenvalue weighted by molar-refractivity contribution is -0.118. The van der Waals surface area contributed by atoms with E-state index in [1.807, 2.05) is 6.07 Å². The van der Waals surface area contributed by atoms with Gasteiger partial charge in [0.15, 0.2) is 6.61 Å². The van der Waals surface area contributed by atoms with Crippen LogP contribution in [0.2, 0.25) is 0 Å². The Bertz CT molecular complexity index is 495. The minimum absolute atomic E-state index is 0.0739. The molecule has 1 aliphatic carbocycles. The van der Waals surface area contributed by atoms with Gasteiger partial charge in [-0.2, -0.15) is 0 Å². The SMILES string of the molecule is O=C1COc2ccc(C(Br)C3CCCCCC3)cc2N1. The molecule has 1 fully saturated rings. The number of nitrogens with one attached hydrogen (secondary N) is 1. The fraction of sp³-hybridized carbons (Fsp3) is 0.562. The molecule has 2 aliphatic rings. The van der Waals surface area contributed by atoms with E-state index in [4.69, 9.17) is 4.74 Å². The van der Waals surface area contributed by atoms with Crippen LogP contribution in [0.1, 0.15) is 48.9 Å². The molecule has 1 aromatic carbocycles. The van der Waals surface area contributed by atoms with Gasteiger partial charge >= 0.3 is 0 Å². The van der Waals surface area contributed by atoms with Gasteiger partial charge in [-0.3, -0.25) is 4.79 Å². The average Bonchev–Trinajstić information content (AvgIpc) is 2.74. The number of halogens is 1. The van der Waals surface area contributed by atoms with Crippen LogP contribution in [0.3, 0.4) is 0 Å². The Morgan fingerprint density at radius 3 is 2.70 bits per heavy atom. The zero-order valence-corrected chi connectivity index (χ0v) is 13.1. The number of rotatable bonds is 2. The Kier molecular flexibility index (Phi) is 4.29. The van der Waals surface area contributed by atoms with Crippen LogP contribution in [0.15, 0.2) is 18.2 Å². The molecule has 0 bridgehead atoms. The Morgan fingerprint density at radius 2 is 1.95 bits per heavy atom. The molecule has 1 unspecified atom stereocenters. The van der Waals surface area contributed by atoms with Crippen molar-refractivity contribution in [1.29, 1.82) is 0 Å². The highest BCUT2D eigenvalue weighted by atomic mass is 79.9. The van der Waals surface area contributed by atoms with Crippen LogP contribution in [0.5, 0.6) is 5.75 Å². The first-order valence-corrected chi connectivity index (χ1v) is 8.36. The van der Waals surface area contributed by atoms with Crippen molar-refractivity contribution in [3.8, 4) is 5.75 Å². The molecule has 1 aliphatic heterocycles. The summed E-state index contributed by atoms with van der Waals surface area (Å²) >= 11 is 3.87. The van der Waals surface area contributed by atoms with E-state index >= 15 is 0 Å². The van der Waals surface area contributed by atoms with E-state index < -0.39 is 0 Å². The van der Waals surface area contributed by atoms with Crippen molar-refractivity contribution < 1.29 is 9.53 Å². The fourth-order valence-electron chi connectivity index (χ4n) is 3.15. The first-order valence-electron chi connectivity index (χ1n) is 7.45. The van der Waals surface area contributed by atoms with Crippen LogP contribution in [0, 0.1) is 5.92 Å². The zero-order chi connectivity index (χ0) is 13.9. The van der Waals surface area contributed by atoms with Crippen LogP contribution in [0.25, 0.3) is 0 Å². The second kappa shape index (κ2) is 6.17. The molecular weight excluding hydrogens is 318 g/mol. The van der Waals surface area contributed by atoms with Gasteiger partial charge in [-0.05, 0) is 36.5 Å². The molecule has 20 heavy (non-hydrogen) atoms. The molecule has 1 amide bonds. The number of fused-ring (bicyclic) bond motifs is 1. The molecule has 3 nitrogen and oxygen atoms in total. The molecule has 1 atom stereocenters. The standard InChI is InChI=1S/C16H20BrNO2/c17-16(11-5-3-1-2-4-6-11)12-7-8-14-13(9-12)18-15(19)10-20-14/h7-9,11,16H,1-6,10H2,(H,18,19). The molecule has 0 aromatic heterocycles. The molecule has 1 saturated carbocycles. The molecule has 0 saturated heterocycles. The number of hydrogen-bond acceptors (Lipinski definition) is 2. The van der Waals surface area contributed by atoms with Gasteiger partial charge in [-0.15, -0.1) is 0 Å². The van der Waals surface area contributed by atoms with E-state index in [1.54, 1.807) is 0 Å². The van der Waals surface area contributed by atoms with Crippen molar-refractivity contribution in [3.05, 3.63) is 23.8 Å². The quantitative estimate of drug-likeness (QED) is 0.640. The van der Waals surface area contributed by atoms with Crippen LogP contribution in [-0.2, 0) is 4.79 Å². The number of ether oxygens (including phenoxy) is 1. The fourth-order valence-corrected chi connectivity index (χ4v) is 3.96. The maximum absolute atomic E-state index is 11.4. The smallest absolute Gasteiger partial charge is 0.262 e. The Morgan fingerprint density at radius 1 is 1.20 bits per heavy atom. The average molecular weight is 338 g/mol. The van der Waals surface area contributed by atoms with Crippen molar-refractivity contribution in [2.24, 2.45) is 5.92 Å². The number of alkyl halides is 1. The molecule has 1 heterocycles. The van der Waals surface area contributed by atoms with Gasteiger partial charge in [-0.25, -0.2) is 0 Å². The molecule has 1 N–H and O–H groups in total. The zero-order valence-electron chi connectivity index (χ0n) is 11.5. The number of anilines is 1. The van der Waals surface area contributed by atoms with E-state index in [2.05, 4.69) is 33.4 Å². The number of hydrogen-bond donors (Lipinski definition) is 1. The van der Waals surface area contributed by atoms with Gasteiger partial charge in [0.25, 0.3) is 5.91 Å². The summed E-state index contributed by atoms with van der Waals surface area (Å²) in [6, 6.07) is 6.13. The predicted molar refractivity (Wildman–Crippen MR) is 83.4 cm³/mol. The highest BCUT2D eigenvalue weighted by Gasteiger charge is 2.24. The normalized spacial score (nSPS) is 21.4. The third-order valence-corrected chi connectivity index (χ3v) is 5.54. The van der Waals surface area contributed by atoms with Gasteiger partial charge in [0.05, 0.1) is 5.69 Å². The monoisotopic (exact) mass is 337 g/mol. The summed E-state index contributed by atoms with van der Waals surface area (Å²) in [5, 5.41) is 2.89. The highest BCUT2D eigenvalue weighted by molar-refractivity contribution is 9.09. The van der Waals surface area contributed by atoms with Gasteiger partial charge in [0, 0.05) is 4.83 Å². The maximum Gasteiger partial charge on any atom is 0.262 e. The number of carbonyl (C=O) groups excluding carboxylic acids is 1. The van der Waals surface area contributed by atoms with E-state index in [0.29, 0.717) is 10.7 Å². The lowest BCUT2D eigenvalue weighted by Gasteiger charge is -2.24. The summed E-state index contributed by atoms with van der Waals surface area (Å²) in [4.78, 5) is 11.8. The first-order chi connectivity index (χ1) is 9.74. The lowest BCUT2D eigenvalue weighted by atomic mass is 9.92. The number of benzene rings is 1. The Hall–Kier alpha value is -1.03. The number of amides is 1. The summed E-state index contributed by atoms with van der Waals surface area (Å²) in [6.07, 6.45) is 7.97. The minimum Gasteiger partial charge on any atom is -0.482 e. The molecular formula is C16H20BrNO2. The van der Waals surface area contributed by atoms with Crippen molar-refractivity contribution >= 4 is 27.5 Å². The molecule has 0 radical (unpaired) electrons. The summed E-state index contributed by atoms with van der Waals surface area (Å²) in [5.41, 5.74) is 2.04. The lowest BCUT2D eigenvalue weighted by Crippen LogP contribution is -2.25. The van der Waals surface area contributed by atoms with Crippen molar-refractivity contribution in [1.82, 2.24) is 0 Å². The van der Waals surface area contributed by atoms with Crippen LogP contribution in [0.4, 0.5) is 5.69 Å². The molecule has 4 heteroatoms. The van der Waals surface area contributed by atoms with Crippen molar-refractivity contribution in [2.75, 3.05) is 11.9 Å². The third kappa shape index (κ3) is 3.00. The maximum atomic E-state index is 11.4. The van der Waals surface area contributed by atoms with E-state index in [0.717, 1.165) is 11.4 Å². The van der Waals surface area contributed by atoms with Crippen molar-refractivity contribution in [2.45, 2.75) is 43.4 Å². The minimum atomic E-state index is -0.0739. The first kappa shape index (κ1) is 13.9. The summed E-state index contributed by atoms with van der Waals surface area (Å²) in [5.74, 6) is 1.39. The van der Waals surface area contributed by atoms with Gasteiger partial charge in [0.1, 0.15) is 5.75 Å². The topological polar surface area (TPSA) is 38.3 Å². The summed E-state index contributed by atoms with van der Waals surface area (Å²) < 4.78 is 5.41. The van der Waals surface area contributed by atoms with E-state index in [-0.39, 0.29) is 12.5 Å².